The molecule has 1 fully saturated rings. The van der Waals surface area contributed by atoms with E-state index in [4.69, 9.17) is 0 Å². The van der Waals surface area contributed by atoms with Crippen molar-refractivity contribution in [1.82, 2.24) is 13.9 Å². The number of carbonyl (C=O) groups is 1. The van der Waals surface area contributed by atoms with Gasteiger partial charge in [0.1, 0.15) is 6.54 Å². The van der Waals surface area contributed by atoms with Gasteiger partial charge < -0.3 is 4.90 Å². The van der Waals surface area contributed by atoms with E-state index in [9.17, 15) is 34.8 Å². The smallest absolute Gasteiger partial charge is 0.329 e. The summed E-state index contributed by atoms with van der Waals surface area (Å²) in [4.78, 5) is 13.4. The van der Waals surface area contributed by atoms with E-state index in [-0.39, 0.29) is 31.0 Å². The second-order valence-electron chi connectivity index (χ2n) is 8.64. The number of amides is 1. The van der Waals surface area contributed by atoms with Crippen molar-refractivity contribution in [3.05, 3.63) is 77.7 Å². The molecule has 1 unspecified atom stereocenters. The molecule has 37 heavy (non-hydrogen) atoms. The number of halogens is 3. The number of hydrogen-bond acceptors (Lipinski definition) is 5. The summed E-state index contributed by atoms with van der Waals surface area (Å²) >= 11 is 0. The van der Waals surface area contributed by atoms with Crippen LogP contribution in [0.25, 0.3) is 0 Å². The first kappa shape index (κ1) is 28.8. The van der Waals surface area contributed by atoms with Crippen LogP contribution >= 0.6 is 0 Å². The van der Waals surface area contributed by atoms with Crippen LogP contribution in [-0.4, -0.2) is 63.8 Å². The highest BCUT2D eigenvalue weighted by atomic mass is 32.2. The molecule has 2 aromatic rings. The largest absolute Gasteiger partial charge is 0.406 e. The minimum Gasteiger partial charge on any atom is -0.329 e. The Morgan fingerprint density at radius 1 is 1.05 bits per heavy atom. The number of benzene rings is 2. The van der Waals surface area contributed by atoms with Gasteiger partial charge in [0, 0.05) is 31.1 Å². The lowest BCUT2D eigenvalue weighted by molar-refractivity contribution is -0.162. The molecule has 1 heterocycles. The summed E-state index contributed by atoms with van der Waals surface area (Å²) in [6, 6.07) is 13.1. The highest BCUT2D eigenvalue weighted by molar-refractivity contribution is 7.92. The van der Waals surface area contributed by atoms with Gasteiger partial charge in [0.05, 0.1) is 11.3 Å². The molecule has 0 saturated carbocycles. The van der Waals surface area contributed by atoms with Crippen LogP contribution < -0.4 is 4.72 Å². The van der Waals surface area contributed by atoms with Gasteiger partial charge in [0.2, 0.25) is 26.0 Å². The van der Waals surface area contributed by atoms with E-state index in [0.29, 0.717) is 24.0 Å². The molecule has 0 bridgehead atoms. The molecule has 0 spiro atoms. The molecule has 0 aliphatic carbocycles. The molecule has 1 amide bonds. The summed E-state index contributed by atoms with van der Waals surface area (Å²) in [5.74, 6) is -0.745. The van der Waals surface area contributed by atoms with Crippen LogP contribution in [0.2, 0.25) is 0 Å². The van der Waals surface area contributed by atoms with Crippen molar-refractivity contribution in [2.75, 3.05) is 19.6 Å². The van der Waals surface area contributed by atoms with E-state index >= 15 is 0 Å². The second kappa shape index (κ2) is 11.8. The lowest BCUT2D eigenvalue weighted by Gasteiger charge is -2.25. The van der Waals surface area contributed by atoms with Gasteiger partial charge in [-0.25, -0.2) is 21.6 Å². The summed E-state index contributed by atoms with van der Waals surface area (Å²) < 4.78 is 92.5. The van der Waals surface area contributed by atoms with Crippen molar-refractivity contribution in [3.63, 3.8) is 0 Å². The van der Waals surface area contributed by atoms with Gasteiger partial charge in [0.25, 0.3) is 0 Å². The predicted octanol–water partition coefficient (Wildman–Crippen LogP) is 3.04. The Morgan fingerprint density at radius 3 is 2.30 bits per heavy atom. The minimum atomic E-state index is -4.57. The van der Waals surface area contributed by atoms with Crippen LogP contribution in [0.4, 0.5) is 13.2 Å². The molecule has 8 nitrogen and oxygen atoms in total. The van der Waals surface area contributed by atoms with Gasteiger partial charge in [-0.3, -0.25) is 4.79 Å². The van der Waals surface area contributed by atoms with Crippen LogP contribution in [0.3, 0.4) is 0 Å². The van der Waals surface area contributed by atoms with E-state index in [1.807, 2.05) is 0 Å². The van der Waals surface area contributed by atoms with E-state index in [1.54, 1.807) is 30.3 Å². The van der Waals surface area contributed by atoms with Crippen molar-refractivity contribution in [2.45, 2.75) is 42.9 Å². The van der Waals surface area contributed by atoms with Crippen molar-refractivity contribution in [1.29, 1.82) is 0 Å². The Bertz CT molecular complexity index is 1300. The summed E-state index contributed by atoms with van der Waals surface area (Å²) in [7, 11) is -7.67. The van der Waals surface area contributed by atoms with Gasteiger partial charge in [-0.2, -0.15) is 17.5 Å². The van der Waals surface area contributed by atoms with Gasteiger partial charge >= 0.3 is 6.18 Å². The maximum Gasteiger partial charge on any atom is 0.406 e. The normalized spacial score (nSPS) is 17.0. The molecule has 0 aromatic heterocycles. The zero-order valence-electron chi connectivity index (χ0n) is 19.9. The monoisotopic (exact) mass is 559 g/mol. The number of carbonyl (C=O) groups excluding carboxylic acids is 1. The standard InChI is InChI=1S/C24H28F3N3O5S2/c1-2-36(32,33)28-16-21-9-6-14-30(21)37(34,35)22-12-10-19(11-13-22)15-23(31)29(18-24(25,26)27)17-20-7-4-3-5-8-20/h2-5,7-8,10-13,21,28H,1,6,9,14-18H2. The average molecular weight is 560 g/mol. The zero-order chi connectivity index (χ0) is 27.3. The third-order valence-corrected chi connectivity index (χ3v) is 8.86. The lowest BCUT2D eigenvalue weighted by atomic mass is 10.1. The third-order valence-electron chi connectivity index (χ3n) is 5.89. The molecule has 202 valence electrons. The van der Waals surface area contributed by atoms with Crippen LogP contribution in [0.5, 0.6) is 0 Å². The topological polar surface area (TPSA) is 104 Å². The van der Waals surface area contributed by atoms with Gasteiger partial charge in [-0.1, -0.05) is 49.0 Å². The quantitative estimate of drug-likeness (QED) is 0.456. The van der Waals surface area contributed by atoms with Crippen LogP contribution in [0, 0.1) is 0 Å². The number of sulfonamides is 2. The number of rotatable bonds is 11. The first-order valence-electron chi connectivity index (χ1n) is 11.4. The van der Waals surface area contributed by atoms with Crippen molar-refractivity contribution in [3.8, 4) is 0 Å². The average Bonchev–Trinajstić information content (AvgIpc) is 3.32. The molecular formula is C24H28F3N3O5S2. The van der Waals surface area contributed by atoms with E-state index in [1.165, 1.54) is 28.6 Å². The fourth-order valence-corrected chi connectivity index (χ4v) is 6.29. The molecule has 1 atom stereocenters. The molecule has 1 N–H and O–H groups in total. The van der Waals surface area contributed by atoms with Gasteiger partial charge in [-0.05, 0) is 36.1 Å². The molecule has 2 aromatic carbocycles. The summed E-state index contributed by atoms with van der Waals surface area (Å²) in [5.41, 5.74) is 0.915. The molecular weight excluding hydrogens is 531 g/mol. The van der Waals surface area contributed by atoms with Crippen LogP contribution in [0.15, 0.2) is 71.5 Å². The molecule has 1 aliphatic rings. The maximum atomic E-state index is 13.2. The Balaban J connectivity index is 1.71. The minimum absolute atomic E-state index is 0.0568. The van der Waals surface area contributed by atoms with Crippen molar-refractivity contribution < 1.29 is 34.8 Å². The van der Waals surface area contributed by atoms with Crippen molar-refractivity contribution in [2.24, 2.45) is 0 Å². The fraction of sp³-hybridized carbons (Fsp3) is 0.375. The molecule has 3 rings (SSSR count). The maximum absolute atomic E-state index is 13.2. The fourth-order valence-electron chi connectivity index (χ4n) is 4.05. The Kier molecular flexibility index (Phi) is 9.16. The number of nitrogens with one attached hydrogen (secondary N) is 1. The number of alkyl halides is 3. The number of nitrogens with zero attached hydrogens (tertiary/aromatic N) is 2. The number of hydrogen-bond donors (Lipinski definition) is 1. The highest BCUT2D eigenvalue weighted by Crippen LogP contribution is 2.26. The van der Waals surface area contributed by atoms with Crippen molar-refractivity contribution >= 4 is 26.0 Å². The SMILES string of the molecule is C=CS(=O)(=O)NCC1CCCN1S(=O)(=O)c1ccc(CC(=O)N(Cc2ccccc2)CC(F)(F)F)cc1. The molecule has 13 heteroatoms. The molecule has 1 aliphatic heterocycles. The first-order valence-corrected chi connectivity index (χ1v) is 14.4. The Hall–Kier alpha value is -2.74. The third kappa shape index (κ3) is 8.12. The Labute approximate surface area is 214 Å². The van der Waals surface area contributed by atoms with E-state index in [0.717, 1.165) is 10.3 Å². The Morgan fingerprint density at radius 2 is 1.70 bits per heavy atom. The van der Waals surface area contributed by atoms with Gasteiger partial charge in [-0.15, -0.1) is 0 Å². The van der Waals surface area contributed by atoms with E-state index in [2.05, 4.69) is 11.3 Å². The van der Waals surface area contributed by atoms with Gasteiger partial charge in [0.15, 0.2) is 0 Å². The predicted molar refractivity (Wildman–Crippen MR) is 132 cm³/mol. The van der Waals surface area contributed by atoms with E-state index < -0.39 is 44.7 Å². The first-order chi connectivity index (χ1) is 17.3. The highest BCUT2D eigenvalue weighted by Gasteiger charge is 2.36. The van der Waals surface area contributed by atoms with Crippen LogP contribution in [-0.2, 0) is 37.8 Å². The summed E-state index contributed by atoms with van der Waals surface area (Å²) in [6.07, 6.45) is -3.88. The lowest BCUT2D eigenvalue weighted by Crippen LogP contribution is -2.42. The second-order valence-corrected chi connectivity index (χ2v) is 12.2. The molecule has 1 saturated heterocycles. The summed E-state index contributed by atoms with van der Waals surface area (Å²) in [5, 5.41) is 0.747. The zero-order valence-corrected chi connectivity index (χ0v) is 21.5. The van der Waals surface area contributed by atoms with Crippen LogP contribution in [0.1, 0.15) is 24.0 Å². The summed E-state index contributed by atoms with van der Waals surface area (Å²) in [6.45, 7) is 1.71. The molecule has 0 radical (unpaired) electrons.